The molecule has 63 heavy (non-hydrogen) atoms. The molecule has 0 saturated carbocycles. The second-order valence-corrected chi connectivity index (χ2v) is 17.5. The smallest absolute Gasteiger partial charge is 0.0619 e. The molecule has 0 aromatic heterocycles. The lowest BCUT2D eigenvalue weighted by Crippen LogP contribution is -2.25. The Morgan fingerprint density at radius 1 is 0.206 bits per heavy atom. The predicted molar refractivity (Wildman–Crippen MR) is 267 cm³/mol. The van der Waals surface area contributed by atoms with Crippen molar-refractivity contribution < 1.29 is 0 Å². The Labute approximate surface area is 366 Å². The van der Waals surface area contributed by atoms with E-state index in [0.717, 1.165) is 0 Å². The van der Waals surface area contributed by atoms with E-state index in [1.165, 1.54) is 132 Å². The third kappa shape index (κ3) is 4.81. The zero-order valence-electron chi connectivity index (χ0n) is 34.4. The lowest BCUT2D eigenvalue weighted by atomic mass is 9.70. The third-order valence-electron chi connectivity index (χ3n) is 14.4. The summed E-state index contributed by atoms with van der Waals surface area (Å²) in [7, 11) is 0. The summed E-state index contributed by atoms with van der Waals surface area (Å²) in [6.07, 6.45) is 0. The molecule has 1 spiro atoms. The fourth-order valence-electron chi connectivity index (χ4n) is 11.7. The Hall–Kier alpha value is -8.06. The van der Waals surface area contributed by atoms with Crippen LogP contribution in [0.15, 0.2) is 231 Å². The molecule has 0 aliphatic heterocycles. The molecule has 0 amide bonds. The minimum absolute atomic E-state index is 0.410. The van der Waals surface area contributed by atoms with E-state index in [9.17, 15) is 0 Å². The van der Waals surface area contributed by atoms with Gasteiger partial charge in [-0.1, -0.05) is 188 Å². The highest BCUT2D eigenvalue weighted by Crippen LogP contribution is 2.63. The normalized spacial score (nSPS) is 13.2. The topological polar surface area (TPSA) is 0 Å². The minimum atomic E-state index is -0.410. The average molecular weight is 795 g/mol. The lowest BCUT2D eigenvalue weighted by molar-refractivity contribution is 0.796. The Morgan fingerprint density at radius 2 is 0.603 bits per heavy atom. The van der Waals surface area contributed by atoms with E-state index in [-0.39, 0.29) is 0 Å². The van der Waals surface area contributed by atoms with Crippen molar-refractivity contribution in [2.24, 2.45) is 0 Å². The van der Waals surface area contributed by atoms with Crippen molar-refractivity contribution >= 4 is 53.9 Å². The van der Waals surface area contributed by atoms with Crippen molar-refractivity contribution in [1.29, 1.82) is 0 Å². The Kier molecular flexibility index (Phi) is 7.13. The molecule has 0 heterocycles. The number of hydrogen-bond donors (Lipinski definition) is 0. The molecule has 12 aromatic rings. The molecule has 0 radical (unpaired) electrons. The molecule has 0 heteroatoms. The molecular formula is C63H38. The van der Waals surface area contributed by atoms with Gasteiger partial charge in [0.25, 0.3) is 0 Å². The maximum atomic E-state index is 2.52. The van der Waals surface area contributed by atoms with E-state index < -0.39 is 5.41 Å². The first-order chi connectivity index (χ1) is 31.2. The highest BCUT2D eigenvalue weighted by atomic mass is 14.5. The van der Waals surface area contributed by atoms with Crippen LogP contribution in [0.3, 0.4) is 0 Å². The summed E-state index contributed by atoms with van der Waals surface area (Å²) >= 11 is 0. The molecule has 14 rings (SSSR count). The van der Waals surface area contributed by atoms with Crippen LogP contribution in [0.4, 0.5) is 0 Å². The van der Waals surface area contributed by atoms with Crippen molar-refractivity contribution in [3.8, 4) is 55.6 Å². The van der Waals surface area contributed by atoms with Crippen LogP contribution >= 0.6 is 0 Å². The van der Waals surface area contributed by atoms with E-state index in [1.807, 2.05) is 0 Å². The molecule has 0 bridgehead atoms. The summed E-state index contributed by atoms with van der Waals surface area (Å²) in [5, 5.41) is 12.6. The molecule has 0 unspecified atom stereocenters. The van der Waals surface area contributed by atoms with Crippen LogP contribution in [0, 0.1) is 0 Å². The van der Waals surface area contributed by atoms with E-state index in [2.05, 4.69) is 231 Å². The first-order valence-corrected chi connectivity index (χ1v) is 22.1. The van der Waals surface area contributed by atoms with Gasteiger partial charge in [0, 0.05) is 0 Å². The molecule has 0 atom stereocenters. The summed E-state index contributed by atoms with van der Waals surface area (Å²) in [6.45, 7) is 0. The molecule has 0 saturated heterocycles. The van der Waals surface area contributed by atoms with Gasteiger partial charge in [0.15, 0.2) is 0 Å². The van der Waals surface area contributed by atoms with Crippen molar-refractivity contribution in [2.45, 2.75) is 5.41 Å². The van der Waals surface area contributed by atoms with E-state index in [0.29, 0.717) is 0 Å². The van der Waals surface area contributed by atoms with Crippen LogP contribution in [0.1, 0.15) is 22.3 Å². The van der Waals surface area contributed by atoms with Gasteiger partial charge in [0.1, 0.15) is 0 Å². The fourth-order valence-corrected chi connectivity index (χ4v) is 11.7. The number of benzene rings is 12. The molecule has 0 N–H and O–H groups in total. The first-order valence-electron chi connectivity index (χ1n) is 22.1. The highest BCUT2D eigenvalue weighted by Gasteiger charge is 2.51. The maximum Gasteiger partial charge on any atom is 0.0725 e. The summed E-state index contributed by atoms with van der Waals surface area (Å²) in [5.74, 6) is 0. The van der Waals surface area contributed by atoms with Gasteiger partial charge in [-0.25, -0.2) is 0 Å². The van der Waals surface area contributed by atoms with Crippen molar-refractivity contribution in [2.75, 3.05) is 0 Å². The van der Waals surface area contributed by atoms with Gasteiger partial charge >= 0.3 is 0 Å². The summed E-state index contributed by atoms with van der Waals surface area (Å²) in [4.78, 5) is 0. The van der Waals surface area contributed by atoms with Gasteiger partial charge in [-0.15, -0.1) is 0 Å². The molecule has 2 aliphatic carbocycles. The van der Waals surface area contributed by atoms with Crippen LogP contribution in [0.5, 0.6) is 0 Å². The minimum Gasteiger partial charge on any atom is -0.0619 e. The van der Waals surface area contributed by atoms with Gasteiger partial charge in [0.05, 0.1) is 5.41 Å². The molecule has 12 aromatic carbocycles. The molecular weight excluding hydrogens is 757 g/mol. The van der Waals surface area contributed by atoms with Gasteiger partial charge < -0.3 is 0 Å². The number of hydrogen-bond acceptors (Lipinski definition) is 0. The molecule has 0 nitrogen and oxygen atoms in total. The fraction of sp³-hybridized carbons (Fsp3) is 0.0159. The quantitative estimate of drug-likeness (QED) is 0.156. The summed E-state index contributed by atoms with van der Waals surface area (Å²) < 4.78 is 0. The van der Waals surface area contributed by atoms with E-state index >= 15 is 0 Å². The van der Waals surface area contributed by atoms with Crippen LogP contribution < -0.4 is 0 Å². The van der Waals surface area contributed by atoms with Crippen LogP contribution in [-0.4, -0.2) is 0 Å². The third-order valence-corrected chi connectivity index (χ3v) is 14.4. The SMILES string of the molecule is c1cc(-c2ccc3cc4c(cc3c2)C2(c3ccccc3-c3ccccc32)c2cc3ccccc3cc2-4)cc(-c2c3ccccc3c(-c3ccc4ccccc4c3)c3ccccc23)c1. The highest BCUT2D eigenvalue weighted by molar-refractivity contribution is 6.22. The van der Waals surface area contributed by atoms with E-state index in [1.54, 1.807) is 0 Å². The molecule has 0 fully saturated rings. The maximum absolute atomic E-state index is 2.52. The average Bonchev–Trinajstić information content (AvgIpc) is 3.80. The van der Waals surface area contributed by atoms with Crippen LogP contribution in [0.25, 0.3) is 109 Å². The summed E-state index contributed by atoms with van der Waals surface area (Å²) in [6, 6.07) is 86.8. The largest absolute Gasteiger partial charge is 0.0725 e. The van der Waals surface area contributed by atoms with Gasteiger partial charge in [-0.2, -0.15) is 0 Å². The van der Waals surface area contributed by atoms with Gasteiger partial charge in [0.2, 0.25) is 0 Å². The monoisotopic (exact) mass is 794 g/mol. The predicted octanol–water partition coefficient (Wildman–Crippen LogP) is 16.8. The molecule has 290 valence electrons. The second-order valence-electron chi connectivity index (χ2n) is 17.5. The first kappa shape index (κ1) is 34.6. The van der Waals surface area contributed by atoms with Gasteiger partial charge in [-0.05, 0) is 174 Å². The van der Waals surface area contributed by atoms with Crippen LogP contribution in [-0.2, 0) is 5.41 Å². The zero-order chi connectivity index (χ0) is 41.2. The lowest BCUT2D eigenvalue weighted by Gasteiger charge is -2.30. The van der Waals surface area contributed by atoms with Crippen molar-refractivity contribution in [1.82, 2.24) is 0 Å². The van der Waals surface area contributed by atoms with Crippen molar-refractivity contribution in [3.05, 3.63) is 253 Å². The molecule has 2 aliphatic rings. The van der Waals surface area contributed by atoms with Crippen LogP contribution in [0.2, 0.25) is 0 Å². The Bertz CT molecular complexity index is 3820. The standard InChI is InChI=1S/C63H38/c1-2-15-40-32-47(31-28-39(40)14-1)62-53-24-7-5-22-51(53)61(52-23-6-8-25-54(52)62)46-19-13-18-41(33-46)44-29-30-45-36-56-55-35-42-16-3-4-17-43(42)37-59(55)63(60(56)38-48(45)34-44)57-26-11-9-20-49(57)50-21-10-12-27-58(50)63/h1-38H. The second kappa shape index (κ2) is 13.0. The van der Waals surface area contributed by atoms with Gasteiger partial charge in [-0.3, -0.25) is 0 Å². The Morgan fingerprint density at radius 3 is 1.22 bits per heavy atom. The van der Waals surface area contributed by atoms with E-state index in [4.69, 9.17) is 0 Å². The Balaban J connectivity index is 0.963. The summed E-state index contributed by atoms with van der Waals surface area (Å²) in [5.41, 5.74) is 17.9. The number of fused-ring (bicyclic) bond motifs is 15. The number of rotatable bonds is 3. The zero-order valence-corrected chi connectivity index (χ0v) is 34.4. The van der Waals surface area contributed by atoms with Crippen molar-refractivity contribution in [3.63, 3.8) is 0 Å².